The molecule has 0 radical (unpaired) electrons. The second-order valence-corrected chi connectivity index (χ2v) is 5.91. The van der Waals surface area contributed by atoms with Gasteiger partial charge in [-0.3, -0.25) is 0 Å². The Morgan fingerprint density at radius 3 is 2.39 bits per heavy atom. The third kappa shape index (κ3) is 3.35. The molecule has 0 spiro atoms. The molecular weight excluding hydrogens is 288 g/mol. The number of nitrogens with one attached hydrogen (secondary N) is 1. The molecular formula is C18H22N4O. The molecule has 5 nitrogen and oxygen atoms in total. The summed E-state index contributed by atoms with van der Waals surface area (Å²) in [6.07, 6.45) is 3.23. The highest BCUT2D eigenvalue weighted by atomic mass is 16.3. The molecule has 3 aromatic rings. The van der Waals surface area contributed by atoms with Crippen molar-refractivity contribution in [3.05, 3.63) is 65.6 Å². The zero-order valence-electron chi connectivity index (χ0n) is 13.9. The standard InChI is InChI=1S/C18H22N4O/c1-12-9-18(15(4)23-12)14(3)21-13(2)16-5-7-17(8-6-16)22-11-19-10-20-22/h5-11,13-14,21H,1-4H3. The second-order valence-electron chi connectivity index (χ2n) is 5.91. The van der Waals surface area contributed by atoms with E-state index in [1.807, 2.05) is 13.8 Å². The molecule has 0 aliphatic rings. The Hall–Kier alpha value is -2.40. The first-order valence-electron chi connectivity index (χ1n) is 7.82. The van der Waals surface area contributed by atoms with E-state index in [0.717, 1.165) is 17.2 Å². The predicted octanol–water partition coefficient (Wildman–Crippen LogP) is 3.89. The first kappa shape index (κ1) is 15.5. The van der Waals surface area contributed by atoms with Gasteiger partial charge in [-0.15, -0.1) is 0 Å². The summed E-state index contributed by atoms with van der Waals surface area (Å²) < 4.78 is 7.38. The molecule has 1 N–H and O–H groups in total. The number of benzene rings is 1. The minimum absolute atomic E-state index is 0.234. The summed E-state index contributed by atoms with van der Waals surface area (Å²) in [7, 11) is 0. The third-order valence-corrected chi connectivity index (χ3v) is 4.12. The lowest BCUT2D eigenvalue weighted by molar-refractivity contribution is 0.469. The van der Waals surface area contributed by atoms with E-state index >= 15 is 0 Å². The van der Waals surface area contributed by atoms with Crippen molar-refractivity contribution >= 4 is 0 Å². The van der Waals surface area contributed by atoms with Crippen LogP contribution in [0.5, 0.6) is 0 Å². The van der Waals surface area contributed by atoms with Crippen molar-refractivity contribution in [2.24, 2.45) is 0 Å². The molecule has 5 heteroatoms. The molecule has 0 aliphatic heterocycles. The first-order chi connectivity index (χ1) is 11.0. The molecule has 0 bridgehead atoms. The minimum atomic E-state index is 0.234. The average molecular weight is 310 g/mol. The van der Waals surface area contributed by atoms with Crippen LogP contribution < -0.4 is 5.32 Å². The Kier molecular flexibility index (Phi) is 4.30. The molecule has 3 rings (SSSR count). The number of rotatable bonds is 5. The molecule has 1 aromatic carbocycles. The van der Waals surface area contributed by atoms with Crippen LogP contribution >= 0.6 is 0 Å². The fourth-order valence-electron chi connectivity index (χ4n) is 2.90. The van der Waals surface area contributed by atoms with E-state index in [2.05, 4.69) is 59.6 Å². The lowest BCUT2D eigenvalue weighted by atomic mass is 10.0. The highest BCUT2D eigenvalue weighted by Gasteiger charge is 2.15. The molecule has 0 saturated heterocycles. The number of hydrogen-bond donors (Lipinski definition) is 1. The van der Waals surface area contributed by atoms with Crippen LogP contribution in [-0.2, 0) is 0 Å². The Morgan fingerprint density at radius 2 is 1.83 bits per heavy atom. The van der Waals surface area contributed by atoms with E-state index in [4.69, 9.17) is 4.42 Å². The molecule has 0 fully saturated rings. The zero-order valence-corrected chi connectivity index (χ0v) is 13.9. The lowest BCUT2D eigenvalue weighted by Crippen LogP contribution is -2.22. The summed E-state index contributed by atoms with van der Waals surface area (Å²) in [6, 6.07) is 10.9. The molecule has 23 heavy (non-hydrogen) atoms. The number of aryl methyl sites for hydroxylation is 2. The maximum atomic E-state index is 5.62. The first-order valence-corrected chi connectivity index (χ1v) is 7.82. The predicted molar refractivity (Wildman–Crippen MR) is 89.5 cm³/mol. The lowest BCUT2D eigenvalue weighted by Gasteiger charge is -2.20. The van der Waals surface area contributed by atoms with Crippen molar-refractivity contribution in [3.63, 3.8) is 0 Å². The van der Waals surface area contributed by atoms with Gasteiger partial charge in [0.05, 0.1) is 5.69 Å². The maximum Gasteiger partial charge on any atom is 0.138 e. The monoisotopic (exact) mass is 310 g/mol. The summed E-state index contributed by atoms with van der Waals surface area (Å²) in [4.78, 5) is 3.97. The number of furan rings is 1. The summed E-state index contributed by atoms with van der Waals surface area (Å²) in [5.74, 6) is 1.94. The van der Waals surface area contributed by atoms with Gasteiger partial charge in [-0.2, -0.15) is 5.10 Å². The van der Waals surface area contributed by atoms with E-state index in [1.54, 1.807) is 11.0 Å². The topological polar surface area (TPSA) is 55.9 Å². The van der Waals surface area contributed by atoms with Crippen LogP contribution in [0, 0.1) is 13.8 Å². The Bertz CT molecular complexity index is 759. The fourth-order valence-corrected chi connectivity index (χ4v) is 2.90. The number of nitrogens with zero attached hydrogens (tertiary/aromatic N) is 3. The SMILES string of the molecule is Cc1cc(C(C)NC(C)c2ccc(-n3cncn3)cc2)c(C)o1. The van der Waals surface area contributed by atoms with Crippen LogP contribution in [0.25, 0.3) is 5.69 Å². The van der Waals surface area contributed by atoms with Crippen molar-refractivity contribution in [1.29, 1.82) is 0 Å². The van der Waals surface area contributed by atoms with Crippen LogP contribution in [-0.4, -0.2) is 14.8 Å². The van der Waals surface area contributed by atoms with E-state index in [9.17, 15) is 0 Å². The van der Waals surface area contributed by atoms with Crippen LogP contribution in [0.15, 0.2) is 47.4 Å². The van der Waals surface area contributed by atoms with Gasteiger partial charge in [0.15, 0.2) is 0 Å². The third-order valence-electron chi connectivity index (χ3n) is 4.12. The maximum absolute atomic E-state index is 5.62. The van der Waals surface area contributed by atoms with Gasteiger partial charge < -0.3 is 9.73 Å². The molecule has 2 unspecified atom stereocenters. The van der Waals surface area contributed by atoms with Gasteiger partial charge in [0, 0.05) is 17.6 Å². The minimum Gasteiger partial charge on any atom is -0.466 e. The van der Waals surface area contributed by atoms with Crippen LogP contribution in [0.2, 0.25) is 0 Å². The van der Waals surface area contributed by atoms with E-state index < -0.39 is 0 Å². The summed E-state index contributed by atoms with van der Waals surface area (Å²) in [5, 5.41) is 7.77. The molecule has 0 amide bonds. The quantitative estimate of drug-likeness (QED) is 0.777. The zero-order chi connectivity index (χ0) is 16.4. The van der Waals surface area contributed by atoms with Gasteiger partial charge in [-0.25, -0.2) is 9.67 Å². The van der Waals surface area contributed by atoms with E-state index in [1.165, 1.54) is 17.5 Å². The smallest absolute Gasteiger partial charge is 0.138 e. The molecule has 2 aromatic heterocycles. The average Bonchev–Trinajstić information content (AvgIpc) is 3.17. The number of aromatic nitrogens is 3. The van der Waals surface area contributed by atoms with Crippen LogP contribution in [0.3, 0.4) is 0 Å². The van der Waals surface area contributed by atoms with Crippen LogP contribution in [0.4, 0.5) is 0 Å². The van der Waals surface area contributed by atoms with Crippen molar-refractivity contribution < 1.29 is 4.42 Å². The second kappa shape index (κ2) is 6.38. The molecule has 2 heterocycles. The Labute approximate surface area is 136 Å². The van der Waals surface area contributed by atoms with Crippen molar-refractivity contribution in [2.45, 2.75) is 39.8 Å². The molecule has 120 valence electrons. The molecule has 0 saturated carbocycles. The van der Waals surface area contributed by atoms with Gasteiger partial charge in [0.25, 0.3) is 0 Å². The van der Waals surface area contributed by atoms with Gasteiger partial charge >= 0.3 is 0 Å². The van der Waals surface area contributed by atoms with Crippen molar-refractivity contribution in [2.75, 3.05) is 0 Å². The fraction of sp³-hybridized carbons (Fsp3) is 0.333. The van der Waals surface area contributed by atoms with E-state index in [0.29, 0.717) is 0 Å². The van der Waals surface area contributed by atoms with Gasteiger partial charge in [-0.05, 0) is 51.5 Å². The van der Waals surface area contributed by atoms with E-state index in [-0.39, 0.29) is 12.1 Å². The highest BCUT2D eigenvalue weighted by molar-refractivity contribution is 5.34. The van der Waals surface area contributed by atoms with Crippen molar-refractivity contribution in [3.8, 4) is 5.69 Å². The van der Waals surface area contributed by atoms with Crippen molar-refractivity contribution in [1.82, 2.24) is 20.1 Å². The Morgan fingerprint density at radius 1 is 1.09 bits per heavy atom. The number of hydrogen-bond acceptors (Lipinski definition) is 4. The highest BCUT2D eigenvalue weighted by Crippen LogP contribution is 2.24. The van der Waals surface area contributed by atoms with Gasteiger partial charge in [0.2, 0.25) is 0 Å². The van der Waals surface area contributed by atoms with Crippen LogP contribution in [0.1, 0.15) is 48.6 Å². The molecule has 2 atom stereocenters. The summed E-state index contributed by atoms with van der Waals surface area (Å²) in [6.45, 7) is 8.33. The van der Waals surface area contributed by atoms with Gasteiger partial charge in [-0.1, -0.05) is 12.1 Å². The largest absolute Gasteiger partial charge is 0.466 e. The normalized spacial score (nSPS) is 13.9. The Balaban J connectivity index is 1.70. The summed E-state index contributed by atoms with van der Waals surface area (Å²) in [5.41, 5.74) is 3.46. The molecule has 0 aliphatic carbocycles. The van der Waals surface area contributed by atoms with Gasteiger partial charge in [0.1, 0.15) is 24.2 Å². The summed E-state index contributed by atoms with van der Waals surface area (Å²) >= 11 is 0.